The summed E-state index contributed by atoms with van der Waals surface area (Å²) in [6, 6.07) is 13.0. The lowest BCUT2D eigenvalue weighted by atomic mass is 9.64. The van der Waals surface area contributed by atoms with Gasteiger partial charge in [0, 0.05) is 12.4 Å². The molecule has 0 spiro atoms. The molecule has 1 aliphatic rings. The van der Waals surface area contributed by atoms with Crippen LogP contribution in [0.3, 0.4) is 0 Å². The highest BCUT2D eigenvalue weighted by Gasteiger charge is 2.45. The summed E-state index contributed by atoms with van der Waals surface area (Å²) in [7, 11) is 0. The van der Waals surface area contributed by atoms with Gasteiger partial charge >= 0.3 is 0 Å². The SMILES string of the molecule is O=C(NNC(=O)C1(c2ccccc2)CCC1)c1cccnc1. The van der Waals surface area contributed by atoms with Crippen LogP contribution in [-0.2, 0) is 10.2 Å². The third-order valence-corrected chi connectivity index (χ3v) is 4.18. The Bertz CT molecular complexity index is 667. The molecule has 1 fully saturated rings. The molecule has 0 radical (unpaired) electrons. The Morgan fingerprint density at radius 3 is 2.36 bits per heavy atom. The van der Waals surface area contributed by atoms with Crippen LogP contribution in [0.15, 0.2) is 54.9 Å². The average molecular weight is 295 g/mol. The van der Waals surface area contributed by atoms with Crippen LogP contribution in [0, 0.1) is 0 Å². The summed E-state index contributed by atoms with van der Waals surface area (Å²) < 4.78 is 0. The van der Waals surface area contributed by atoms with E-state index in [2.05, 4.69) is 15.8 Å². The molecular weight excluding hydrogens is 278 g/mol. The number of hydrogen-bond acceptors (Lipinski definition) is 3. The number of amides is 2. The second kappa shape index (κ2) is 5.97. The molecule has 3 rings (SSSR count). The van der Waals surface area contributed by atoms with Crippen molar-refractivity contribution in [3.05, 3.63) is 66.0 Å². The van der Waals surface area contributed by atoms with Gasteiger partial charge in [0.15, 0.2) is 0 Å². The van der Waals surface area contributed by atoms with Crippen LogP contribution in [-0.4, -0.2) is 16.8 Å². The van der Waals surface area contributed by atoms with E-state index in [1.807, 2.05) is 30.3 Å². The van der Waals surface area contributed by atoms with Crippen LogP contribution in [0.2, 0.25) is 0 Å². The topological polar surface area (TPSA) is 71.1 Å². The number of carbonyl (C=O) groups is 2. The van der Waals surface area contributed by atoms with Gasteiger partial charge in [-0.3, -0.25) is 25.4 Å². The fourth-order valence-electron chi connectivity index (χ4n) is 2.74. The molecule has 2 N–H and O–H groups in total. The maximum atomic E-state index is 12.5. The quantitative estimate of drug-likeness (QED) is 0.850. The van der Waals surface area contributed by atoms with Crippen molar-refractivity contribution < 1.29 is 9.59 Å². The van der Waals surface area contributed by atoms with E-state index in [0.717, 1.165) is 24.8 Å². The lowest BCUT2D eigenvalue weighted by molar-refractivity contribution is -0.130. The summed E-state index contributed by atoms with van der Waals surface area (Å²) in [5, 5.41) is 0. The number of nitrogens with one attached hydrogen (secondary N) is 2. The first kappa shape index (κ1) is 14.3. The number of hydrazine groups is 1. The fraction of sp³-hybridized carbons (Fsp3) is 0.235. The van der Waals surface area contributed by atoms with E-state index < -0.39 is 5.41 Å². The zero-order valence-corrected chi connectivity index (χ0v) is 12.1. The first-order valence-electron chi connectivity index (χ1n) is 7.29. The normalized spacial score (nSPS) is 15.5. The van der Waals surface area contributed by atoms with Gasteiger partial charge in [-0.2, -0.15) is 0 Å². The number of rotatable bonds is 3. The molecule has 1 saturated carbocycles. The highest BCUT2D eigenvalue weighted by Crippen LogP contribution is 2.43. The van der Waals surface area contributed by atoms with Crippen molar-refractivity contribution in [2.75, 3.05) is 0 Å². The number of carbonyl (C=O) groups excluding carboxylic acids is 2. The molecule has 1 aromatic carbocycles. The molecule has 0 aliphatic heterocycles. The van der Waals surface area contributed by atoms with Crippen LogP contribution in [0.5, 0.6) is 0 Å². The fourth-order valence-corrected chi connectivity index (χ4v) is 2.74. The van der Waals surface area contributed by atoms with Crippen molar-refractivity contribution in [2.24, 2.45) is 0 Å². The number of aromatic nitrogens is 1. The Labute approximate surface area is 128 Å². The largest absolute Gasteiger partial charge is 0.272 e. The van der Waals surface area contributed by atoms with Gasteiger partial charge in [0.25, 0.3) is 5.91 Å². The molecule has 5 nitrogen and oxygen atoms in total. The Kier molecular flexibility index (Phi) is 3.87. The second-order valence-corrected chi connectivity index (χ2v) is 5.45. The van der Waals surface area contributed by atoms with Crippen molar-refractivity contribution in [1.29, 1.82) is 0 Å². The summed E-state index contributed by atoms with van der Waals surface area (Å²) in [5.74, 6) is -0.536. The highest BCUT2D eigenvalue weighted by molar-refractivity contribution is 5.96. The molecule has 0 unspecified atom stereocenters. The average Bonchev–Trinajstić information content (AvgIpc) is 2.53. The first-order valence-corrected chi connectivity index (χ1v) is 7.29. The predicted octanol–water partition coefficient (Wildman–Crippen LogP) is 1.96. The summed E-state index contributed by atoms with van der Waals surface area (Å²) in [5.41, 5.74) is 5.90. The molecule has 2 aromatic rings. The number of nitrogens with zero attached hydrogens (tertiary/aromatic N) is 1. The van der Waals surface area contributed by atoms with Gasteiger partial charge in [-0.15, -0.1) is 0 Å². The molecular formula is C17H17N3O2. The first-order chi connectivity index (χ1) is 10.7. The van der Waals surface area contributed by atoms with Gasteiger partial charge in [0.2, 0.25) is 5.91 Å². The predicted molar refractivity (Wildman–Crippen MR) is 81.8 cm³/mol. The molecule has 0 saturated heterocycles. The van der Waals surface area contributed by atoms with Crippen LogP contribution in [0.4, 0.5) is 0 Å². The van der Waals surface area contributed by atoms with Crippen molar-refractivity contribution >= 4 is 11.8 Å². The van der Waals surface area contributed by atoms with E-state index >= 15 is 0 Å². The Hall–Kier alpha value is -2.69. The second-order valence-electron chi connectivity index (χ2n) is 5.45. The molecule has 1 aliphatic carbocycles. The monoisotopic (exact) mass is 295 g/mol. The maximum Gasteiger partial charge on any atom is 0.271 e. The van der Waals surface area contributed by atoms with Gasteiger partial charge < -0.3 is 0 Å². The van der Waals surface area contributed by atoms with Crippen LogP contribution >= 0.6 is 0 Å². The van der Waals surface area contributed by atoms with Gasteiger partial charge in [-0.1, -0.05) is 36.8 Å². The van der Waals surface area contributed by atoms with Gasteiger partial charge in [0.1, 0.15) is 0 Å². The standard InChI is InChI=1S/C17H17N3O2/c21-15(13-6-4-11-18-12-13)19-20-16(22)17(9-5-10-17)14-7-2-1-3-8-14/h1-4,6-8,11-12H,5,9-10H2,(H,19,21)(H,20,22). The minimum atomic E-state index is -0.524. The molecule has 0 atom stereocenters. The third kappa shape index (κ3) is 2.57. The Balaban J connectivity index is 1.68. The lowest BCUT2D eigenvalue weighted by Crippen LogP contribution is -2.54. The number of pyridine rings is 1. The zero-order valence-electron chi connectivity index (χ0n) is 12.1. The van der Waals surface area contributed by atoms with E-state index in [1.165, 1.54) is 6.20 Å². The van der Waals surface area contributed by atoms with E-state index in [1.54, 1.807) is 18.3 Å². The summed E-state index contributed by atoms with van der Waals surface area (Å²) in [6.07, 6.45) is 5.65. The molecule has 0 bridgehead atoms. The van der Waals surface area contributed by atoms with Crippen molar-refractivity contribution in [2.45, 2.75) is 24.7 Å². The maximum absolute atomic E-state index is 12.5. The lowest BCUT2D eigenvalue weighted by Gasteiger charge is -2.40. The van der Waals surface area contributed by atoms with Crippen molar-refractivity contribution in [3.63, 3.8) is 0 Å². The number of hydrogen-bond donors (Lipinski definition) is 2. The molecule has 1 aromatic heterocycles. The van der Waals surface area contributed by atoms with E-state index in [-0.39, 0.29) is 11.8 Å². The van der Waals surface area contributed by atoms with E-state index in [0.29, 0.717) is 5.56 Å². The Morgan fingerprint density at radius 2 is 1.77 bits per heavy atom. The summed E-state index contributed by atoms with van der Waals surface area (Å²) in [6.45, 7) is 0. The van der Waals surface area contributed by atoms with E-state index in [4.69, 9.17) is 0 Å². The van der Waals surface area contributed by atoms with Gasteiger partial charge in [-0.05, 0) is 30.5 Å². The zero-order chi connectivity index (χ0) is 15.4. The van der Waals surface area contributed by atoms with Crippen LogP contribution in [0.1, 0.15) is 35.2 Å². The summed E-state index contributed by atoms with van der Waals surface area (Å²) >= 11 is 0. The Morgan fingerprint density at radius 1 is 1.00 bits per heavy atom. The third-order valence-electron chi connectivity index (χ3n) is 4.18. The molecule has 112 valence electrons. The molecule has 1 heterocycles. The molecule has 5 heteroatoms. The van der Waals surface area contributed by atoms with Gasteiger partial charge in [0.05, 0.1) is 11.0 Å². The highest BCUT2D eigenvalue weighted by atomic mass is 16.2. The van der Waals surface area contributed by atoms with Crippen LogP contribution in [0.25, 0.3) is 0 Å². The minimum absolute atomic E-state index is 0.165. The van der Waals surface area contributed by atoms with Crippen LogP contribution < -0.4 is 10.9 Å². The van der Waals surface area contributed by atoms with Gasteiger partial charge in [-0.25, -0.2) is 0 Å². The molecule has 22 heavy (non-hydrogen) atoms. The van der Waals surface area contributed by atoms with Crippen molar-refractivity contribution in [1.82, 2.24) is 15.8 Å². The summed E-state index contributed by atoms with van der Waals surface area (Å²) in [4.78, 5) is 28.4. The molecule has 2 amide bonds. The van der Waals surface area contributed by atoms with E-state index in [9.17, 15) is 9.59 Å². The van der Waals surface area contributed by atoms with Crippen molar-refractivity contribution in [3.8, 4) is 0 Å². The number of benzene rings is 1. The smallest absolute Gasteiger partial charge is 0.271 e. The minimum Gasteiger partial charge on any atom is -0.272 e.